The lowest BCUT2D eigenvalue weighted by molar-refractivity contribution is -0.161. The minimum atomic E-state index is -2.90. The van der Waals surface area contributed by atoms with Gasteiger partial charge in [-0.05, 0) is 38.2 Å². The number of phenolic OH excluding ortho intramolecular Hbond substituents is 1. The van der Waals surface area contributed by atoms with Crippen molar-refractivity contribution < 1.29 is 39.9 Å². The number of phenols is 1. The Morgan fingerprint density at radius 2 is 1.74 bits per heavy atom. The molecule has 4 rings (SSSR count). The van der Waals surface area contributed by atoms with Crippen LogP contribution in [0.1, 0.15) is 15.9 Å². The smallest absolute Gasteiger partial charge is 0.255 e. The number of benzene rings is 1. The number of hydrogen-bond acceptors (Lipinski definition) is 10. The summed E-state index contributed by atoms with van der Waals surface area (Å²) in [5.41, 5.74) is 1.96. The molecule has 0 saturated carbocycles. The van der Waals surface area contributed by atoms with E-state index in [0.29, 0.717) is 11.3 Å². The maximum Gasteiger partial charge on any atom is 0.255 e. The number of amides is 1. The molecule has 34 heavy (non-hydrogen) atoms. The van der Waals surface area contributed by atoms with Crippen LogP contribution in [-0.2, 0) is 16.0 Å². The number of carbonyl (C=O) groups is 3. The highest BCUT2D eigenvalue weighted by Crippen LogP contribution is 2.53. The number of Topliss-reactive ketones (excluding diaryl/α,β-unsaturated/α-hetero) is 2. The van der Waals surface area contributed by atoms with Crippen LogP contribution in [0.4, 0.5) is 5.69 Å². The summed E-state index contributed by atoms with van der Waals surface area (Å²) in [5.74, 6) is -8.31. The van der Waals surface area contributed by atoms with Gasteiger partial charge in [-0.25, -0.2) is 0 Å². The quantitative estimate of drug-likeness (QED) is 0.302. The van der Waals surface area contributed by atoms with Crippen LogP contribution in [0.15, 0.2) is 34.8 Å². The minimum Gasteiger partial charge on any atom is -0.510 e. The van der Waals surface area contributed by atoms with Gasteiger partial charge in [0.2, 0.25) is 5.78 Å². The van der Waals surface area contributed by atoms with Crippen molar-refractivity contribution in [1.29, 1.82) is 0 Å². The zero-order valence-electron chi connectivity index (χ0n) is 19.1. The molecule has 3 aliphatic rings. The molecule has 0 saturated heterocycles. The van der Waals surface area contributed by atoms with Gasteiger partial charge in [-0.15, -0.1) is 0 Å². The molecule has 0 aromatic heterocycles. The molecule has 0 radical (unpaired) electrons. The van der Waals surface area contributed by atoms with Crippen LogP contribution in [0.3, 0.4) is 0 Å². The van der Waals surface area contributed by atoms with Crippen molar-refractivity contribution in [2.24, 2.45) is 17.6 Å². The number of anilines is 1. The molecule has 1 amide bonds. The number of aliphatic hydroxyl groups excluding tert-OH is 3. The molecule has 0 bridgehead atoms. The fraction of sp³-hybridized carbons (Fsp3) is 0.435. The Morgan fingerprint density at radius 1 is 1.12 bits per heavy atom. The van der Waals surface area contributed by atoms with E-state index in [0.717, 1.165) is 0 Å². The fourth-order valence-electron chi connectivity index (χ4n) is 5.67. The molecule has 0 heterocycles. The predicted octanol–water partition coefficient (Wildman–Crippen LogP) is -0.843. The van der Waals surface area contributed by atoms with E-state index in [4.69, 9.17) is 5.73 Å². The molecule has 182 valence electrons. The monoisotopic (exact) mass is 473 g/mol. The average Bonchev–Trinajstić information content (AvgIpc) is 2.73. The van der Waals surface area contributed by atoms with Crippen LogP contribution in [0.5, 0.6) is 5.75 Å². The molecule has 11 nitrogen and oxygen atoms in total. The first kappa shape index (κ1) is 23.7. The average molecular weight is 473 g/mol. The Morgan fingerprint density at radius 3 is 2.26 bits per heavy atom. The minimum absolute atomic E-state index is 0.00236. The van der Waals surface area contributed by atoms with E-state index in [2.05, 4.69) is 0 Å². The summed E-state index contributed by atoms with van der Waals surface area (Å²) in [5, 5.41) is 55.4. The Kier molecular flexibility index (Phi) is 5.27. The van der Waals surface area contributed by atoms with Crippen LogP contribution in [0, 0.1) is 11.8 Å². The van der Waals surface area contributed by atoms with Crippen molar-refractivity contribution >= 4 is 23.2 Å². The van der Waals surface area contributed by atoms with Crippen LogP contribution in [-0.4, -0.2) is 93.8 Å². The summed E-state index contributed by atoms with van der Waals surface area (Å²) in [6.07, 6.45) is -1.60. The van der Waals surface area contributed by atoms with Crippen LogP contribution >= 0.6 is 0 Å². The number of ketones is 2. The second-order valence-corrected chi connectivity index (χ2v) is 9.40. The van der Waals surface area contributed by atoms with Gasteiger partial charge in [0.1, 0.15) is 22.8 Å². The summed E-state index contributed by atoms with van der Waals surface area (Å²) in [6, 6.07) is 1.65. The Balaban J connectivity index is 2.03. The normalized spacial score (nSPS) is 30.8. The lowest BCUT2D eigenvalue weighted by atomic mass is 9.57. The maximum absolute atomic E-state index is 13.5. The SMILES string of the molecule is CN(C)c1ccc(O)c2c1CC1C(=C(O)C3(O)C(=O)C(C(N)=O)=C(O)C(N(C)C)C3C1O)C2=O. The largest absolute Gasteiger partial charge is 0.510 e. The summed E-state index contributed by atoms with van der Waals surface area (Å²) in [7, 11) is 6.46. The van der Waals surface area contributed by atoms with Crippen molar-refractivity contribution in [1.82, 2.24) is 4.90 Å². The third-order valence-electron chi connectivity index (χ3n) is 7.15. The number of likely N-dealkylation sites (N-methyl/N-ethyl adjacent to an activating group) is 1. The molecule has 0 fully saturated rings. The Labute approximate surface area is 195 Å². The van der Waals surface area contributed by atoms with Gasteiger partial charge in [0.25, 0.3) is 5.91 Å². The van der Waals surface area contributed by atoms with Crippen molar-refractivity contribution in [3.8, 4) is 5.75 Å². The lowest BCUT2D eigenvalue weighted by Crippen LogP contribution is -2.68. The zero-order chi connectivity index (χ0) is 25.4. The van der Waals surface area contributed by atoms with Crippen molar-refractivity contribution in [3.05, 3.63) is 45.9 Å². The summed E-state index contributed by atoms with van der Waals surface area (Å²) in [6.45, 7) is 0. The van der Waals surface area contributed by atoms with E-state index in [-0.39, 0.29) is 17.7 Å². The molecule has 0 spiro atoms. The predicted molar refractivity (Wildman–Crippen MR) is 119 cm³/mol. The van der Waals surface area contributed by atoms with Gasteiger partial charge in [0, 0.05) is 31.3 Å². The van der Waals surface area contributed by atoms with Gasteiger partial charge in [-0.3, -0.25) is 19.3 Å². The van der Waals surface area contributed by atoms with Gasteiger partial charge in [0.05, 0.1) is 23.6 Å². The van der Waals surface area contributed by atoms with Gasteiger partial charge in [0.15, 0.2) is 11.4 Å². The van der Waals surface area contributed by atoms with E-state index in [1.54, 1.807) is 25.1 Å². The van der Waals surface area contributed by atoms with E-state index in [1.165, 1.54) is 25.1 Å². The number of carbonyl (C=O) groups excluding carboxylic acids is 3. The first-order chi connectivity index (χ1) is 15.8. The molecule has 3 aliphatic carbocycles. The second-order valence-electron chi connectivity index (χ2n) is 9.40. The third-order valence-corrected chi connectivity index (χ3v) is 7.15. The van der Waals surface area contributed by atoms with Gasteiger partial charge < -0.3 is 36.2 Å². The number of aromatic hydroxyl groups is 1. The number of rotatable bonds is 3. The highest BCUT2D eigenvalue weighted by atomic mass is 16.4. The molecule has 5 unspecified atom stereocenters. The molecule has 5 atom stereocenters. The van der Waals surface area contributed by atoms with Crippen molar-refractivity contribution in [2.45, 2.75) is 24.2 Å². The van der Waals surface area contributed by atoms with Crippen LogP contribution in [0.2, 0.25) is 0 Å². The first-order valence-electron chi connectivity index (χ1n) is 10.6. The number of nitrogens with zero attached hydrogens (tertiary/aromatic N) is 2. The lowest BCUT2D eigenvalue weighted by Gasteiger charge is -2.52. The second kappa shape index (κ2) is 7.55. The standard InChI is InChI=1S/C23H27N3O8/c1-25(2)10-5-6-11(27)12-8(10)7-9-13(18(12)29)20(31)23(34)15(17(9)28)16(26(3)4)19(30)14(21(23)32)22(24)33/h5-6,9,15-17,27-28,30-31,34H,7H2,1-4H3,(H2,24,33). The highest BCUT2D eigenvalue weighted by molar-refractivity contribution is 6.25. The third kappa shape index (κ3) is 2.84. The summed E-state index contributed by atoms with van der Waals surface area (Å²) < 4.78 is 0. The maximum atomic E-state index is 13.5. The van der Waals surface area contributed by atoms with E-state index >= 15 is 0 Å². The highest BCUT2D eigenvalue weighted by Gasteiger charge is 2.66. The fourth-order valence-corrected chi connectivity index (χ4v) is 5.67. The number of aliphatic hydroxyl groups is 4. The van der Waals surface area contributed by atoms with Crippen LogP contribution < -0.4 is 10.6 Å². The first-order valence-corrected chi connectivity index (χ1v) is 10.6. The number of fused-ring (bicyclic) bond motifs is 3. The molecular formula is C23H27N3O8. The molecule has 7 N–H and O–H groups in total. The molecule has 11 heteroatoms. The summed E-state index contributed by atoms with van der Waals surface area (Å²) in [4.78, 5) is 41.9. The van der Waals surface area contributed by atoms with Crippen molar-refractivity contribution in [3.63, 3.8) is 0 Å². The van der Waals surface area contributed by atoms with Crippen LogP contribution in [0.25, 0.3) is 0 Å². The van der Waals surface area contributed by atoms with Gasteiger partial charge in [-0.2, -0.15) is 0 Å². The van der Waals surface area contributed by atoms with E-state index < -0.39 is 69.7 Å². The molecular weight excluding hydrogens is 446 g/mol. The van der Waals surface area contributed by atoms with Crippen molar-refractivity contribution in [2.75, 3.05) is 33.1 Å². The molecule has 1 aromatic carbocycles. The Bertz CT molecular complexity index is 1200. The number of nitrogens with two attached hydrogens (primary N) is 1. The molecule has 0 aliphatic heterocycles. The Hall–Kier alpha value is -3.41. The number of primary amides is 1. The topological polar surface area (TPSA) is 185 Å². The van der Waals surface area contributed by atoms with E-state index in [1.807, 2.05) is 0 Å². The van der Waals surface area contributed by atoms with Gasteiger partial charge in [-0.1, -0.05) is 0 Å². The zero-order valence-corrected chi connectivity index (χ0v) is 19.1. The van der Waals surface area contributed by atoms with E-state index in [9.17, 15) is 39.9 Å². The van der Waals surface area contributed by atoms with Gasteiger partial charge >= 0.3 is 0 Å². The number of hydrogen-bond donors (Lipinski definition) is 6. The summed E-state index contributed by atoms with van der Waals surface area (Å²) >= 11 is 0. The molecule has 1 aromatic rings.